The van der Waals surface area contributed by atoms with Crippen LogP contribution < -0.4 is 4.74 Å². The van der Waals surface area contributed by atoms with Crippen LogP contribution in [0.4, 0.5) is 22.0 Å². The third kappa shape index (κ3) is 3.18. The van der Waals surface area contributed by atoms with E-state index in [2.05, 4.69) is 4.98 Å². The monoisotopic (exact) mass is 275 g/mol. The van der Waals surface area contributed by atoms with E-state index in [0.29, 0.717) is 12.3 Å². The van der Waals surface area contributed by atoms with Gasteiger partial charge in [-0.05, 0) is 18.2 Å². The Bertz CT molecular complexity index is 580. The number of rotatable bonds is 2. The minimum absolute atomic E-state index is 0.224. The molecule has 0 saturated heterocycles. The lowest BCUT2D eigenvalue weighted by atomic mass is 10.3. The molecule has 0 aliphatic rings. The molecular formula is C12H6F5NO. The second-order valence-corrected chi connectivity index (χ2v) is 3.56. The highest BCUT2D eigenvalue weighted by Crippen LogP contribution is 2.30. The second-order valence-electron chi connectivity index (χ2n) is 3.56. The molecule has 0 atom stereocenters. The first-order chi connectivity index (χ1) is 8.86. The molecule has 1 aromatic carbocycles. The van der Waals surface area contributed by atoms with Crippen molar-refractivity contribution in [1.29, 1.82) is 0 Å². The second kappa shape index (κ2) is 4.83. The molecule has 100 valence electrons. The van der Waals surface area contributed by atoms with Gasteiger partial charge in [-0.2, -0.15) is 13.2 Å². The van der Waals surface area contributed by atoms with Gasteiger partial charge in [0.2, 0.25) is 5.88 Å². The normalized spacial score (nSPS) is 11.4. The summed E-state index contributed by atoms with van der Waals surface area (Å²) in [6.45, 7) is 0. The van der Waals surface area contributed by atoms with Crippen molar-refractivity contribution in [3.63, 3.8) is 0 Å². The van der Waals surface area contributed by atoms with Gasteiger partial charge >= 0.3 is 6.18 Å². The summed E-state index contributed by atoms with van der Waals surface area (Å²) in [5, 5.41) is 0. The van der Waals surface area contributed by atoms with Gasteiger partial charge in [-0.15, -0.1) is 0 Å². The number of aromatic nitrogens is 1. The van der Waals surface area contributed by atoms with Crippen LogP contribution in [0.3, 0.4) is 0 Å². The molecule has 1 aromatic heterocycles. The molecule has 0 aliphatic heterocycles. The molecule has 0 radical (unpaired) electrons. The predicted molar refractivity (Wildman–Crippen MR) is 55.7 cm³/mol. The quantitative estimate of drug-likeness (QED) is 0.767. The van der Waals surface area contributed by atoms with Gasteiger partial charge < -0.3 is 4.74 Å². The maximum atomic E-state index is 13.2. The van der Waals surface area contributed by atoms with Crippen LogP contribution in [-0.4, -0.2) is 4.98 Å². The van der Waals surface area contributed by atoms with Crippen molar-refractivity contribution in [2.45, 2.75) is 6.18 Å². The van der Waals surface area contributed by atoms with Crippen LogP contribution in [-0.2, 0) is 6.18 Å². The molecule has 0 saturated carbocycles. The number of benzene rings is 1. The topological polar surface area (TPSA) is 22.1 Å². The number of halogens is 5. The Morgan fingerprint density at radius 3 is 2.26 bits per heavy atom. The number of nitrogens with zero attached hydrogens (tertiary/aromatic N) is 1. The van der Waals surface area contributed by atoms with Crippen LogP contribution in [0.5, 0.6) is 11.6 Å². The fourth-order valence-corrected chi connectivity index (χ4v) is 1.28. The van der Waals surface area contributed by atoms with E-state index in [0.717, 1.165) is 24.3 Å². The van der Waals surface area contributed by atoms with Crippen LogP contribution in [0.1, 0.15) is 5.56 Å². The maximum absolute atomic E-state index is 13.2. The number of alkyl halides is 3. The molecule has 0 spiro atoms. The molecule has 19 heavy (non-hydrogen) atoms. The van der Waals surface area contributed by atoms with Gasteiger partial charge in [0, 0.05) is 18.3 Å². The minimum atomic E-state index is -4.51. The van der Waals surface area contributed by atoms with E-state index in [1.54, 1.807) is 0 Å². The lowest BCUT2D eigenvalue weighted by Gasteiger charge is -2.08. The van der Waals surface area contributed by atoms with Crippen molar-refractivity contribution < 1.29 is 26.7 Å². The highest BCUT2D eigenvalue weighted by Gasteiger charge is 2.30. The summed E-state index contributed by atoms with van der Waals surface area (Å²) in [4.78, 5) is 3.40. The predicted octanol–water partition coefficient (Wildman–Crippen LogP) is 4.17. The van der Waals surface area contributed by atoms with Crippen LogP contribution in [0.2, 0.25) is 0 Å². The molecule has 2 aromatic rings. The highest BCUT2D eigenvalue weighted by molar-refractivity contribution is 5.30. The Hall–Kier alpha value is -2.18. The molecule has 0 unspecified atom stereocenters. The SMILES string of the molecule is Fc1ccc(Oc2ccc(C(F)(F)F)cn2)c(F)c1. The number of pyridine rings is 1. The van der Waals surface area contributed by atoms with Crippen molar-refractivity contribution >= 4 is 0 Å². The van der Waals surface area contributed by atoms with E-state index < -0.39 is 23.4 Å². The van der Waals surface area contributed by atoms with E-state index >= 15 is 0 Å². The Labute approximate surface area is 104 Å². The van der Waals surface area contributed by atoms with Gasteiger partial charge in [0.15, 0.2) is 11.6 Å². The summed E-state index contributed by atoms with van der Waals surface area (Å²) < 4.78 is 67.6. The summed E-state index contributed by atoms with van der Waals surface area (Å²) >= 11 is 0. The van der Waals surface area contributed by atoms with Crippen LogP contribution in [0, 0.1) is 11.6 Å². The lowest BCUT2D eigenvalue weighted by Crippen LogP contribution is -2.05. The van der Waals surface area contributed by atoms with Crippen molar-refractivity contribution in [1.82, 2.24) is 4.98 Å². The smallest absolute Gasteiger partial charge is 0.417 e. The van der Waals surface area contributed by atoms with Gasteiger partial charge in [0.05, 0.1) is 5.56 Å². The zero-order valence-corrected chi connectivity index (χ0v) is 9.21. The first-order valence-electron chi connectivity index (χ1n) is 5.02. The average Bonchev–Trinajstić information content (AvgIpc) is 2.32. The van der Waals surface area contributed by atoms with Gasteiger partial charge in [-0.1, -0.05) is 0 Å². The summed E-state index contributed by atoms with van der Waals surface area (Å²) in [5.74, 6) is -2.31. The lowest BCUT2D eigenvalue weighted by molar-refractivity contribution is -0.137. The van der Waals surface area contributed by atoms with Crippen LogP contribution in [0.15, 0.2) is 36.5 Å². The first kappa shape index (κ1) is 13.3. The van der Waals surface area contributed by atoms with Crippen molar-refractivity contribution in [2.24, 2.45) is 0 Å². The Balaban J connectivity index is 2.20. The minimum Gasteiger partial charge on any atom is -0.436 e. The Morgan fingerprint density at radius 2 is 1.74 bits per heavy atom. The summed E-state index contributed by atoms with van der Waals surface area (Å²) in [6.07, 6.45) is -3.94. The van der Waals surface area contributed by atoms with Crippen molar-refractivity contribution in [2.75, 3.05) is 0 Å². The molecule has 2 nitrogen and oxygen atoms in total. The van der Waals surface area contributed by atoms with Crippen molar-refractivity contribution in [3.05, 3.63) is 53.7 Å². The molecule has 7 heteroatoms. The summed E-state index contributed by atoms with van der Waals surface area (Å²) in [6, 6.07) is 4.28. The van der Waals surface area contributed by atoms with E-state index in [1.807, 2.05) is 0 Å². The third-order valence-corrected chi connectivity index (χ3v) is 2.17. The average molecular weight is 275 g/mol. The molecule has 0 amide bonds. The van der Waals surface area contributed by atoms with E-state index in [1.165, 1.54) is 0 Å². The molecule has 0 fully saturated rings. The summed E-state index contributed by atoms with van der Waals surface area (Å²) in [7, 11) is 0. The number of hydrogen-bond donors (Lipinski definition) is 0. The van der Waals surface area contributed by atoms with Crippen LogP contribution >= 0.6 is 0 Å². The van der Waals surface area contributed by atoms with E-state index in [4.69, 9.17) is 4.74 Å². The molecule has 0 aliphatic carbocycles. The standard InChI is InChI=1S/C12H6F5NO/c13-8-2-3-10(9(14)5-8)19-11-4-1-7(6-18-11)12(15,16)17/h1-6H. The molecular weight excluding hydrogens is 269 g/mol. The number of ether oxygens (including phenoxy) is 1. The van der Waals surface area contributed by atoms with E-state index in [9.17, 15) is 22.0 Å². The zero-order valence-electron chi connectivity index (χ0n) is 9.21. The molecule has 2 rings (SSSR count). The first-order valence-corrected chi connectivity index (χ1v) is 5.02. The molecule has 0 bridgehead atoms. The molecule has 1 heterocycles. The third-order valence-electron chi connectivity index (χ3n) is 2.17. The fraction of sp³-hybridized carbons (Fsp3) is 0.0833. The van der Waals surface area contributed by atoms with Gasteiger partial charge in [0.1, 0.15) is 5.82 Å². The largest absolute Gasteiger partial charge is 0.436 e. The highest BCUT2D eigenvalue weighted by atomic mass is 19.4. The number of hydrogen-bond acceptors (Lipinski definition) is 2. The van der Waals surface area contributed by atoms with E-state index in [-0.39, 0.29) is 11.6 Å². The summed E-state index contributed by atoms with van der Waals surface area (Å²) in [5.41, 5.74) is -0.945. The van der Waals surface area contributed by atoms with Gasteiger partial charge in [-0.25, -0.2) is 13.8 Å². The van der Waals surface area contributed by atoms with Crippen molar-refractivity contribution in [3.8, 4) is 11.6 Å². The molecule has 0 N–H and O–H groups in total. The van der Waals surface area contributed by atoms with Gasteiger partial charge in [0.25, 0.3) is 0 Å². The zero-order chi connectivity index (χ0) is 14.0. The maximum Gasteiger partial charge on any atom is 0.417 e. The van der Waals surface area contributed by atoms with Crippen LogP contribution in [0.25, 0.3) is 0 Å². The Kier molecular flexibility index (Phi) is 3.37. The fourth-order valence-electron chi connectivity index (χ4n) is 1.28. The van der Waals surface area contributed by atoms with Gasteiger partial charge in [-0.3, -0.25) is 0 Å². The Morgan fingerprint density at radius 1 is 1.00 bits per heavy atom.